The molecule has 78 valence electrons. The quantitative estimate of drug-likeness (QED) is 0.891. The largest absolute Gasteiger partial charge is 0.330 e. The number of aromatic nitrogens is 2. The molecule has 0 aliphatic rings. The average Bonchev–Trinajstić information content (AvgIpc) is 2.64. The van der Waals surface area contributed by atoms with E-state index in [1.165, 1.54) is 0 Å². The molecular weight excluding hydrogens is 256 g/mol. The molecule has 0 saturated heterocycles. The molecule has 2 aromatic rings. The van der Waals surface area contributed by atoms with Crippen LogP contribution in [-0.4, -0.2) is 9.55 Å². The summed E-state index contributed by atoms with van der Waals surface area (Å²) in [6.45, 7) is 2.07. The number of aryl methyl sites for hydroxylation is 1. The summed E-state index contributed by atoms with van der Waals surface area (Å²) in [7, 11) is 0. The van der Waals surface area contributed by atoms with Crippen molar-refractivity contribution in [3.05, 3.63) is 51.1 Å². The fraction of sp³-hybridized carbons (Fsp3) is 0.182. The van der Waals surface area contributed by atoms with Crippen molar-refractivity contribution in [2.45, 2.75) is 13.3 Å². The molecule has 0 atom stereocenters. The lowest BCUT2D eigenvalue weighted by atomic mass is 10.1. The molecule has 0 fully saturated rings. The maximum Gasteiger partial charge on any atom is 0.330 e. The zero-order valence-electron chi connectivity index (χ0n) is 8.33. The molecule has 1 aromatic carbocycles. The molecule has 2 rings (SSSR count). The molecule has 15 heavy (non-hydrogen) atoms. The van der Waals surface area contributed by atoms with Crippen LogP contribution in [0.5, 0.6) is 0 Å². The van der Waals surface area contributed by atoms with E-state index in [0.29, 0.717) is 0 Å². The summed E-state index contributed by atoms with van der Waals surface area (Å²) in [5.74, 6) is 0. The number of H-pyrrole nitrogens is 1. The van der Waals surface area contributed by atoms with E-state index in [1.54, 1.807) is 17.0 Å². The van der Waals surface area contributed by atoms with Crippen molar-refractivity contribution in [3.8, 4) is 5.69 Å². The van der Waals surface area contributed by atoms with Crippen molar-refractivity contribution in [3.63, 3.8) is 0 Å². The van der Waals surface area contributed by atoms with E-state index in [-0.39, 0.29) is 5.69 Å². The first-order chi connectivity index (χ1) is 7.22. The van der Waals surface area contributed by atoms with E-state index in [1.807, 2.05) is 18.2 Å². The van der Waals surface area contributed by atoms with Gasteiger partial charge in [-0.1, -0.05) is 22.9 Å². The highest BCUT2D eigenvalue weighted by Gasteiger charge is 2.05. The number of halogens is 1. The van der Waals surface area contributed by atoms with Gasteiger partial charge < -0.3 is 4.98 Å². The van der Waals surface area contributed by atoms with Gasteiger partial charge in [-0.15, -0.1) is 0 Å². The van der Waals surface area contributed by atoms with Gasteiger partial charge in [0.1, 0.15) is 0 Å². The lowest BCUT2D eigenvalue weighted by Gasteiger charge is -2.07. The number of imidazole rings is 1. The molecular formula is C11H11BrN2O. The van der Waals surface area contributed by atoms with E-state index >= 15 is 0 Å². The number of aromatic amines is 1. The number of nitrogens with zero attached hydrogens (tertiary/aromatic N) is 1. The van der Waals surface area contributed by atoms with Gasteiger partial charge in [-0.05, 0) is 30.2 Å². The van der Waals surface area contributed by atoms with Gasteiger partial charge in [0.2, 0.25) is 0 Å². The highest BCUT2D eigenvalue weighted by molar-refractivity contribution is 9.10. The summed E-state index contributed by atoms with van der Waals surface area (Å²) < 4.78 is 2.65. The lowest BCUT2D eigenvalue weighted by molar-refractivity contribution is 0.954. The van der Waals surface area contributed by atoms with Crippen LogP contribution in [0.25, 0.3) is 5.69 Å². The first-order valence-electron chi connectivity index (χ1n) is 4.77. The molecule has 4 heteroatoms. The third kappa shape index (κ3) is 1.90. The van der Waals surface area contributed by atoms with Crippen LogP contribution in [0.2, 0.25) is 0 Å². The van der Waals surface area contributed by atoms with Crippen molar-refractivity contribution in [1.82, 2.24) is 9.55 Å². The second kappa shape index (κ2) is 4.06. The molecule has 0 amide bonds. The van der Waals surface area contributed by atoms with E-state index in [9.17, 15) is 4.79 Å². The molecule has 1 heterocycles. The highest BCUT2D eigenvalue weighted by Crippen LogP contribution is 2.19. The van der Waals surface area contributed by atoms with Crippen LogP contribution in [0.15, 0.2) is 39.9 Å². The summed E-state index contributed by atoms with van der Waals surface area (Å²) in [6, 6.07) is 5.92. The number of hydrogen-bond donors (Lipinski definition) is 1. The SMILES string of the molecule is CCc1cc(Br)ccc1-n1cc[nH]c1=O. The fourth-order valence-electron chi connectivity index (χ4n) is 1.58. The Bertz CT molecular complexity index is 527. The molecule has 0 unspecified atom stereocenters. The Morgan fingerprint density at radius 3 is 2.87 bits per heavy atom. The van der Waals surface area contributed by atoms with Crippen LogP contribution >= 0.6 is 15.9 Å². The zero-order valence-corrected chi connectivity index (χ0v) is 9.91. The Morgan fingerprint density at radius 1 is 1.47 bits per heavy atom. The van der Waals surface area contributed by atoms with Crippen LogP contribution in [0, 0.1) is 0 Å². The molecule has 0 saturated carbocycles. The second-order valence-corrected chi connectivity index (χ2v) is 4.18. The first-order valence-corrected chi connectivity index (χ1v) is 5.56. The predicted octanol–water partition coefficient (Wildman–Crippen LogP) is 2.49. The van der Waals surface area contributed by atoms with Gasteiger partial charge >= 0.3 is 5.69 Å². The maximum atomic E-state index is 11.5. The molecule has 0 spiro atoms. The number of rotatable bonds is 2. The first kappa shape index (κ1) is 10.2. The van der Waals surface area contributed by atoms with Crippen molar-refractivity contribution in [2.24, 2.45) is 0 Å². The van der Waals surface area contributed by atoms with E-state index in [0.717, 1.165) is 22.1 Å². The van der Waals surface area contributed by atoms with Crippen molar-refractivity contribution in [1.29, 1.82) is 0 Å². The number of benzene rings is 1. The standard InChI is InChI=1S/C11H11BrN2O/c1-2-8-7-9(12)3-4-10(8)14-6-5-13-11(14)15/h3-7H,2H2,1H3,(H,13,15). The Morgan fingerprint density at radius 2 is 2.27 bits per heavy atom. The Kier molecular flexibility index (Phi) is 2.77. The zero-order chi connectivity index (χ0) is 10.8. The van der Waals surface area contributed by atoms with Gasteiger partial charge in [-0.3, -0.25) is 4.57 Å². The summed E-state index contributed by atoms with van der Waals surface area (Å²) in [5.41, 5.74) is 1.98. The van der Waals surface area contributed by atoms with Gasteiger partial charge in [0.15, 0.2) is 0 Å². The maximum absolute atomic E-state index is 11.5. The van der Waals surface area contributed by atoms with Gasteiger partial charge in [-0.25, -0.2) is 4.79 Å². The van der Waals surface area contributed by atoms with Gasteiger partial charge in [0.25, 0.3) is 0 Å². The fourth-order valence-corrected chi connectivity index (χ4v) is 1.99. The summed E-state index contributed by atoms with van der Waals surface area (Å²) >= 11 is 3.42. The minimum Gasteiger partial charge on any atom is -0.312 e. The van der Waals surface area contributed by atoms with Crippen molar-refractivity contribution >= 4 is 15.9 Å². The van der Waals surface area contributed by atoms with Crippen LogP contribution in [0.1, 0.15) is 12.5 Å². The normalized spacial score (nSPS) is 10.5. The van der Waals surface area contributed by atoms with Gasteiger partial charge in [-0.2, -0.15) is 0 Å². The minimum atomic E-state index is -0.105. The minimum absolute atomic E-state index is 0.105. The van der Waals surface area contributed by atoms with Crippen LogP contribution < -0.4 is 5.69 Å². The monoisotopic (exact) mass is 266 g/mol. The molecule has 0 aliphatic carbocycles. The lowest BCUT2D eigenvalue weighted by Crippen LogP contribution is -2.15. The number of nitrogens with one attached hydrogen (secondary N) is 1. The third-order valence-corrected chi connectivity index (χ3v) is 2.82. The summed E-state index contributed by atoms with van der Waals surface area (Å²) in [6.07, 6.45) is 4.28. The summed E-state index contributed by atoms with van der Waals surface area (Å²) in [4.78, 5) is 14.1. The molecule has 0 bridgehead atoms. The molecule has 0 radical (unpaired) electrons. The average molecular weight is 267 g/mol. The number of hydrogen-bond acceptors (Lipinski definition) is 1. The van der Waals surface area contributed by atoms with Crippen LogP contribution in [-0.2, 0) is 6.42 Å². The van der Waals surface area contributed by atoms with Crippen LogP contribution in [0.3, 0.4) is 0 Å². The molecule has 1 N–H and O–H groups in total. The van der Waals surface area contributed by atoms with Crippen molar-refractivity contribution in [2.75, 3.05) is 0 Å². The topological polar surface area (TPSA) is 37.8 Å². The Balaban J connectivity index is 2.63. The van der Waals surface area contributed by atoms with E-state index in [2.05, 4.69) is 27.8 Å². The van der Waals surface area contributed by atoms with Crippen LogP contribution in [0.4, 0.5) is 0 Å². The van der Waals surface area contributed by atoms with Gasteiger partial charge in [0.05, 0.1) is 5.69 Å². The van der Waals surface area contributed by atoms with Crippen molar-refractivity contribution < 1.29 is 0 Å². The van der Waals surface area contributed by atoms with E-state index < -0.39 is 0 Å². The second-order valence-electron chi connectivity index (χ2n) is 3.26. The predicted molar refractivity (Wildman–Crippen MR) is 63.5 cm³/mol. The third-order valence-electron chi connectivity index (χ3n) is 2.33. The smallest absolute Gasteiger partial charge is 0.312 e. The van der Waals surface area contributed by atoms with E-state index in [4.69, 9.17) is 0 Å². The highest BCUT2D eigenvalue weighted by atomic mass is 79.9. The Hall–Kier alpha value is -1.29. The molecule has 1 aromatic heterocycles. The summed E-state index contributed by atoms with van der Waals surface area (Å²) in [5, 5.41) is 0. The molecule has 3 nitrogen and oxygen atoms in total. The van der Waals surface area contributed by atoms with Gasteiger partial charge in [0, 0.05) is 16.9 Å². The Labute approximate surface area is 95.9 Å². The molecule has 0 aliphatic heterocycles.